The largest absolute Gasteiger partial charge is 0.311 e. The van der Waals surface area contributed by atoms with E-state index in [1.165, 1.54) is 44.3 Å². The summed E-state index contributed by atoms with van der Waals surface area (Å²) in [5.74, 6) is 0.772. The predicted molar refractivity (Wildman–Crippen MR) is 91.5 cm³/mol. The van der Waals surface area contributed by atoms with Gasteiger partial charge in [-0.05, 0) is 30.9 Å². The van der Waals surface area contributed by atoms with Gasteiger partial charge in [0.25, 0.3) is 0 Å². The maximum absolute atomic E-state index is 3.78. The van der Waals surface area contributed by atoms with Gasteiger partial charge in [0, 0.05) is 25.2 Å². The molecule has 1 fully saturated rings. The molecule has 1 N–H and O–H groups in total. The molecule has 1 heterocycles. The second-order valence-electron chi connectivity index (χ2n) is 6.86. The van der Waals surface area contributed by atoms with Gasteiger partial charge in [-0.15, -0.1) is 0 Å². The molecule has 0 spiro atoms. The van der Waals surface area contributed by atoms with E-state index < -0.39 is 0 Å². The molecule has 1 saturated heterocycles. The van der Waals surface area contributed by atoms with Gasteiger partial charge < -0.3 is 5.32 Å². The Morgan fingerprint density at radius 3 is 2.62 bits per heavy atom. The topological polar surface area (TPSA) is 15.3 Å². The van der Waals surface area contributed by atoms with Crippen LogP contribution >= 0.6 is 0 Å². The van der Waals surface area contributed by atoms with Crippen LogP contribution in [0.1, 0.15) is 58.1 Å². The quantitative estimate of drug-likeness (QED) is 0.755. The number of piperazine rings is 1. The molecule has 2 atom stereocenters. The molecular formula is C19H32N2. The van der Waals surface area contributed by atoms with Crippen LogP contribution in [0.15, 0.2) is 30.3 Å². The minimum absolute atomic E-state index is 0.548. The van der Waals surface area contributed by atoms with Gasteiger partial charge in [-0.1, -0.05) is 63.9 Å². The number of nitrogens with zero attached hydrogens (tertiary/aromatic N) is 1. The Kier molecular flexibility index (Phi) is 6.72. The van der Waals surface area contributed by atoms with Gasteiger partial charge in [0.05, 0.1) is 0 Å². The Hall–Kier alpha value is -0.860. The van der Waals surface area contributed by atoms with Crippen LogP contribution in [0.5, 0.6) is 0 Å². The van der Waals surface area contributed by atoms with E-state index in [2.05, 4.69) is 61.3 Å². The minimum Gasteiger partial charge on any atom is -0.311 e. The van der Waals surface area contributed by atoms with E-state index in [-0.39, 0.29) is 0 Å². The van der Waals surface area contributed by atoms with Gasteiger partial charge in [-0.2, -0.15) is 0 Å². The number of unbranched alkanes of at least 4 members (excludes halogenated alkanes) is 2. The maximum atomic E-state index is 3.78. The van der Waals surface area contributed by atoms with Gasteiger partial charge >= 0.3 is 0 Å². The summed E-state index contributed by atoms with van der Waals surface area (Å²) in [7, 11) is 0. The summed E-state index contributed by atoms with van der Waals surface area (Å²) in [4.78, 5) is 2.72. The fourth-order valence-corrected chi connectivity index (χ4v) is 3.43. The molecule has 2 heteroatoms. The van der Waals surface area contributed by atoms with Crippen molar-refractivity contribution in [3.8, 4) is 0 Å². The zero-order chi connectivity index (χ0) is 15.1. The lowest BCUT2D eigenvalue weighted by Crippen LogP contribution is -2.52. The standard InChI is InChI=1S/C19H32N2/c1-4-5-9-12-21-15-18(13-16(2)3)20-14-19(21)17-10-7-6-8-11-17/h6-8,10-11,16,18-20H,4-5,9,12-15H2,1-3H3. The highest BCUT2D eigenvalue weighted by atomic mass is 15.2. The molecule has 1 aromatic rings. The molecule has 1 aliphatic heterocycles. The van der Waals surface area contributed by atoms with Crippen molar-refractivity contribution in [3.05, 3.63) is 35.9 Å². The third-order valence-electron chi connectivity index (χ3n) is 4.48. The molecule has 0 radical (unpaired) electrons. The highest BCUT2D eigenvalue weighted by molar-refractivity contribution is 5.20. The average molecular weight is 288 g/mol. The molecule has 1 aliphatic rings. The summed E-state index contributed by atoms with van der Waals surface area (Å²) in [6.07, 6.45) is 5.26. The fraction of sp³-hybridized carbons (Fsp3) is 0.684. The average Bonchev–Trinajstić information content (AvgIpc) is 2.48. The molecule has 2 rings (SSSR count). The van der Waals surface area contributed by atoms with Crippen LogP contribution in [0.3, 0.4) is 0 Å². The molecule has 2 unspecified atom stereocenters. The van der Waals surface area contributed by atoms with Gasteiger partial charge in [-0.25, -0.2) is 0 Å². The minimum atomic E-state index is 0.548. The number of nitrogens with one attached hydrogen (secondary N) is 1. The van der Waals surface area contributed by atoms with Crippen LogP contribution < -0.4 is 5.32 Å². The van der Waals surface area contributed by atoms with Crippen molar-refractivity contribution in [2.45, 2.75) is 58.5 Å². The summed E-state index contributed by atoms with van der Waals surface area (Å²) in [6.45, 7) is 10.5. The smallest absolute Gasteiger partial charge is 0.0473 e. The number of hydrogen-bond donors (Lipinski definition) is 1. The van der Waals surface area contributed by atoms with Crippen molar-refractivity contribution in [2.24, 2.45) is 5.92 Å². The first-order valence-electron chi connectivity index (χ1n) is 8.73. The van der Waals surface area contributed by atoms with E-state index in [0.717, 1.165) is 12.5 Å². The van der Waals surface area contributed by atoms with Gasteiger partial charge in [0.2, 0.25) is 0 Å². The zero-order valence-electron chi connectivity index (χ0n) is 14.0. The highest BCUT2D eigenvalue weighted by Crippen LogP contribution is 2.25. The maximum Gasteiger partial charge on any atom is 0.0473 e. The second kappa shape index (κ2) is 8.55. The number of hydrogen-bond acceptors (Lipinski definition) is 2. The Morgan fingerprint density at radius 2 is 1.95 bits per heavy atom. The summed E-state index contributed by atoms with van der Waals surface area (Å²) in [5.41, 5.74) is 1.46. The van der Waals surface area contributed by atoms with Crippen LogP contribution in [-0.4, -0.2) is 30.6 Å². The number of rotatable bonds is 7. The van der Waals surface area contributed by atoms with Crippen LogP contribution in [0.2, 0.25) is 0 Å². The first-order valence-corrected chi connectivity index (χ1v) is 8.73. The van der Waals surface area contributed by atoms with Crippen molar-refractivity contribution in [3.63, 3.8) is 0 Å². The molecule has 118 valence electrons. The van der Waals surface area contributed by atoms with Crippen molar-refractivity contribution in [2.75, 3.05) is 19.6 Å². The number of benzene rings is 1. The SMILES string of the molecule is CCCCCN1CC(CC(C)C)NCC1c1ccccc1. The van der Waals surface area contributed by atoms with Gasteiger partial charge in [-0.3, -0.25) is 4.90 Å². The lowest BCUT2D eigenvalue weighted by molar-refractivity contribution is 0.119. The first kappa shape index (κ1) is 16.5. The molecule has 0 aliphatic carbocycles. The summed E-state index contributed by atoms with van der Waals surface area (Å²) >= 11 is 0. The molecule has 0 aromatic heterocycles. The van der Waals surface area contributed by atoms with Crippen LogP contribution in [0.25, 0.3) is 0 Å². The van der Waals surface area contributed by atoms with Crippen molar-refractivity contribution < 1.29 is 0 Å². The molecule has 0 amide bonds. The van der Waals surface area contributed by atoms with E-state index in [1.54, 1.807) is 0 Å². The third-order valence-corrected chi connectivity index (χ3v) is 4.48. The van der Waals surface area contributed by atoms with E-state index in [9.17, 15) is 0 Å². The normalized spacial score (nSPS) is 23.6. The molecule has 21 heavy (non-hydrogen) atoms. The lowest BCUT2D eigenvalue weighted by atomic mass is 9.96. The second-order valence-corrected chi connectivity index (χ2v) is 6.86. The van der Waals surface area contributed by atoms with Crippen LogP contribution in [-0.2, 0) is 0 Å². The fourth-order valence-electron chi connectivity index (χ4n) is 3.43. The molecule has 2 nitrogen and oxygen atoms in total. The molecular weight excluding hydrogens is 256 g/mol. The van der Waals surface area contributed by atoms with E-state index in [0.29, 0.717) is 12.1 Å². The monoisotopic (exact) mass is 288 g/mol. The van der Waals surface area contributed by atoms with Crippen LogP contribution in [0.4, 0.5) is 0 Å². The Morgan fingerprint density at radius 1 is 1.19 bits per heavy atom. The lowest BCUT2D eigenvalue weighted by Gasteiger charge is -2.41. The van der Waals surface area contributed by atoms with Crippen molar-refractivity contribution in [1.82, 2.24) is 10.2 Å². The van der Waals surface area contributed by atoms with Gasteiger partial charge in [0.1, 0.15) is 0 Å². The van der Waals surface area contributed by atoms with E-state index >= 15 is 0 Å². The third kappa shape index (κ3) is 5.12. The van der Waals surface area contributed by atoms with Crippen molar-refractivity contribution in [1.29, 1.82) is 0 Å². The first-order chi connectivity index (χ1) is 10.2. The predicted octanol–water partition coefficient (Wildman–Crippen LogP) is 4.24. The Labute approximate surface area is 130 Å². The van der Waals surface area contributed by atoms with E-state index in [4.69, 9.17) is 0 Å². The Balaban J connectivity index is 2.01. The highest BCUT2D eigenvalue weighted by Gasteiger charge is 2.28. The molecule has 0 bridgehead atoms. The summed E-state index contributed by atoms with van der Waals surface area (Å²) in [6, 6.07) is 12.2. The molecule has 1 aromatic carbocycles. The van der Waals surface area contributed by atoms with Crippen molar-refractivity contribution >= 4 is 0 Å². The zero-order valence-corrected chi connectivity index (χ0v) is 14.0. The van der Waals surface area contributed by atoms with Gasteiger partial charge in [0.15, 0.2) is 0 Å². The summed E-state index contributed by atoms with van der Waals surface area (Å²) < 4.78 is 0. The van der Waals surface area contributed by atoms with Crippen LogP contribution in [0, 0.1) is 5.92 Å². The summed E-state index contributed by atoms with van der Waals surface area (Å²) in [5, 5.41) is 3.78. The Bertz CT molecular complexity index is 388. The molecule has 0 saturated carbocycles. The van der Waals surface area contributed by atoms with E-state index in [1.807, 2.05) is 0 Å².